The summed E-state index contributed by atoms with van der Waals surface area (Å²) in [4.78, 5) is 12.9. The summed E-state index contributed by atoms with van der Waals surface area (Å²) in [5, 5.41) is 9.74. The van der Waals surface area contributed by atoms with E-state index in [0.717, 1.165) is 10.9 Å². The van der Waals surface area contributed by atoms with Crippen LogP contribution >= 0.6 is 11.6 Å². The largest absolute Gasteiger partial charge is 0.495 e. The number of halogens is 4. The third-order valence-corrected chi connectivity index (χ3v) is 5.01. The van der Waals surface area contributed by atoms with E-state index in [9.17, 15) is 18.0 Å². The predicted octanol–water partition coefficient (Wildman–Crippen LogP) is 5.05. The molecule has 158 valence electrons. The normalized spacial score (nSPS) is 18.4. The summed E-state index contributed by atoms with van der Waals surface area (Å²) in [5.74, 6) is -0.0308. The Kier molecular flexibility index (Phi) is 5.10. The smallest absolute Gasteiger partial charge is 0.410 e. The number of hydrogen-bond acceptors (Lipinski definition) is 5. The van der Waals surface area contributed by atoms with Crippen molar-refractivity contribution in [1.82, 2.24) is 9.78 Å². The van der Waals surface area contributed by atoms with Gasteiger partial charge in [0.25, 0.3) is 5.91 Å². The number of furan rings is 1. The predicted molar refractivity (Wildman–Crippen MR) is 103 cm³/mol. The average Bonchev–Trinajstić information content (AvgIpc) is 3.36. The number of ether oxygens (including phenoxy) is 1. The number of anilines is 2. The van der Waals surface area contributed by atoms with E-state index in [1.54, 1.807) is 24.3 Å². The second kappa shape index (κ2) is 7.60. The van der Waals surface area contributed by atoms with Crippen molar-refractivity contribution in [2.75, 3.05) is 17.7 Å². The van der Waals surface area contributed by atoms with Crippen molar-refractivity contribution in [1.29, 1.82) is 0 Å². The lowest BCUT2D eigenvalue weighted by Gasteiger charge is -2.32. The maximum atomic E-state index is 13.7. The van der Waals surface area contributed by atoms with Crippen molar-refractivity contribution in [3.8, 4) is 5.75 Å². The molecular weight excluding hydrogens is 425 g/mol. The van der Waals surface area contributed by atoms with E-state index < -0.39 is 24.2 Å². The molecule has 3 aromatic rings. The molecule has 0 fully saturated rings. The fraction of sp³-hybridized carbons (Fsp3) is 0.263. The summed E-state index contributed by atoms with van der Waals surface area (Å²) in [6, 6.07) is 5.11. The molecule has 0 unspecified atom stereocenters. The molecule has 30 heavy (non-hydrogen) atoms. The second-order valence-electron chi connectivity index (χ2n) is 6.66. The Labute approximate surface area is 173 Å². The van der Waals surface area contributed by atoms with E-state index in [-0.39, 0.29) is 23.5 Å². The van der Waals surface area contributed by atoms with Gasteiger partial charge in [-0.05, 0) is 30.3 Å². The molecule has 2 atom stereocenters. The molecule has 4 rings (SSSR count). The van der Waals surface area contributed by atoms with E-state index >= 15 is 0 Å². The van der Waals surface area contributed by atoms with Crippen molar-refractivity contribution < 1.29 is 27.1 Å². The SMILES string of the molecule is COc1ccc(Cl)cc1NC(=O)c1cnn2c1N[C@@H](c1ccco1)C[C@H]2C(F)(F)F. The highest BCUT2D eigenvalue weighted by molar-refractivity contribution is 6.31. The summed E-state index contributed by atoms with van der Waals surface area (Å²) in [7, 11) is 1.42. The van der Waals surface area contributed by atoms with Crippen LogP contribution in [-0.4, -0.2) is 29.0 Å². The van der Waals surface area contributed by atoms with Crippen LogP contribution in [0.3, 0.4) is 0 Å². The molecule has 1 aliphatic rings. The summed E-state index contributed by atoms with van der Waals surface area (Å²) < 4.78 is 52.3. The Bertz CT molecular complexity index is 1070. The highest BCUT2D eigenvalue weighted by Gasteiger charge is 2.47. The number of carbonyl (C=O) groups excluding carboxylic acids is 1. The van der Waals surface area contributed by atoms with Crippen LogP contribution in [0.25, 0.3) is 0 Å². The molecular formula is C19H16ClF3N4O3. The standard InChI is InChI=1S/C19H16ClF3N4O3/c1-29-14-5-4-10(20)7-12(14)26-18(28)11-9-24-27-16(19(21,22)23)8-13(25-17(11)27)15-3-2-6-30-15/h2-7,9,13,16,25H,8H2,1H3,(H,26,28)/t13-,16+/m1/s1. The first-order chi connectivity index (χ1) is 14.3. The summed E-state index contributed by atoms with van der Waals surface area (Å²) in [5.41, 5.74) is 0.225. The third kappa shape index (κ3) is 3.70. The van der Waals surface area contributed by atoms with Gasteiger partial charge in [0.1, 0.15) is 22.9 Å². The van der Waals surface area contributed by atoms with Gasteiger partial charge in [0.2, 0.25) is 0 Å². The number of rotatable bonds is 4. The van der Waals surface area contributed by atoms with Crippen LogP contribution in [0.15, 0.2) is 47.2 Å². The number of carbonyl (C=O) groups is 1. The molecule has 7 nitrogen and oxygen atoms in total. The zero-order valence-electron chi connectivity index (χ0n) is 15.5. The minimum atomic E-state index is -4.56. The first-order valence-electron chi connectivity index (χ1n) is 8.87. The number of methoxy groups -OCH3 is 1. The van der Waals surface area contributed by atoms with Crippen LogP contribution in [0, 0.1) is 0 Å². The molecule has 11 heteroatoms. The average molecular weight is 441 g/mol. The topological polar surface area (TPSA) is 81.3 Å². The van der Waals surface area contributed by atoms with Crippen molar-refractivity contribution in [3.63, 3.8) is 0 Å². The molecule has 2 N–H and O–H groups in total. The van der Waals surface area contributed by atoms with E-state index in [0.29, 0.717) is 16.5 Å². The van der Waals surface area contributed by atoms with Crippen molar-refractivity contribution in [2.45, 2.75) is 24.7 Å². The van der Waals surface area contributed by atoms with Crippen molar-refractivity contribution in [2.24, 2.45) is 0 Å². The van der Waals surface area contributed by atoms with Crippen molar-refractivity contribution in [3.05, 3.63) is 59.1 Å². The van der Waals surface area contributed by atoms with Gasteiger partial charge in [-0.2, -0.15) is 18.3 Å². The van der Waals surface area contributed by atoms with Crippen LogP contribution in [0.2, 0.25) is 5.02 Å². The Morgan fingerprint density at radius 3 is 2.87 bits per heavy atom. The highest BCUT2D eigenvalue weighted by atomic mass is 35.5. The number of amides is 1. The molecule has 1 aliphatic heterocycles. The molecule has 0 radical (unpaired) electrons. The lowest BCUT2D eigenvalue weighted by Crippen LogP contribution is -2.36. The van der Waals surface area contributed by atoms with Gasteiger partial charge in [-0.1, -0.05) is 11.6 Å². The van der Waals surface area contributed by atoms with Crippen LogP contribution in [0.4, 0.5) is 24.7 Å². The van der Waals surface area contributed by atoms with Crippen LogP contribution in [0.5, 0.6) is 5.75 Å². The number of hydrogen-bond donors (Lipinski definition) is 2. The lowest BCUT2D eigenvalue weighted by molar-refractivity contribution is -0.174. The number of nitrogens with one attached hydrogen (secondary N) is 2. The van der Waals surface area contributed by atoms with Gasteiger partial charge in [0.05, 0.1) is 31.3 Å². The fourth-order valence-corrected chi connectivity index (χ4v) is 3.54. The summed E-state index contributed by atoms with van der Waals surface area (Å²) in [6.45, 7) is 0. The summed E-state index contributed by atoms with van der Waals surface area (Å²) in [6.07, 6.45) is -2.41. The van der Waals surface area contributed by atoms with E-state index in [1.165, 1.54) is 19.4 Å². The number of alkyl halides is 3. The minimum absolute atomic E-state index is 0.0523. The van der Waals surface area contributed by atoms with Gasteiger partial charge in [0, 0.05) is 11.4 Å². The first kappa shape index (κ1) is 20.1. The van der Waals surface area contributed by atoms with Gasteiger partial charge in [-0.25, -0.2) is 4.68 Å². The lowest BCUT2D eigenvalue weighted by atomic mass is 10.0. The molecule has 1 amide bonds. The molecule has 2 aromatic heterocycles. The van der Waals surface area contributed by atoms with E-state index in [1.807, 2.05) is 0 Å². The van der Waals surface area contributed by atoms with Gasteiger partial charge in [-0.15, -0.1) is 0 Å². The van der Waals surface area contributed by atoms with E-state index in [4.69, 9.17) is 20.8 Å². The summed E-state index contributed by atoms with van der Waals surface area (Å²) >= 11 is 5.97. The molecule has 0 saturated heterocycles. The van der Waals surface area contributed by atoms with Crippen LogP contribution in [-0.2, 0) is 0 Å². The van der Waals surface area contributed by atoms with Crippen LogP contribution in [0.1, 0.15) is 34.6 Å². The molecule has 0 spiro atoms. The number of aromatic nitrogens is 2. The van der Waals surface area contributed by atoms with Crippen LogP contribution < -0.4 is 15.4 Å². The van der Waals surface area contributed by atoms with Crippen molar-refractivity contribution >= 4 is 29.0 Å². The minimum Gasteiger partial charge on any atom is -0.495 e. The third-order valence-electron chi connectivity index (χ3n) is 4.78. The highest BCUT2D eigenvalue weighted by Crippen LogP contribution is 2.44. The van der Waals surface area contributed by atoms with E-state index in [2.05, 4.69) is 15.7 Å². The number of nitrogens with zero attached hydrogens (tertiary/aromatic N) is 2. The fourth-order valence-electron chi connectivity index (χ4n) is 3.37. The van der Waals surface area contributed by atoms with Gasteiger partial charge in [0.15, 0.2) is 6.04 Å². The zero-order chi connectivity index (χ0) is 21.5. The molecule has 1 aromatic carbocycles. The Balaban J connectivity index is 1.69. The van der Waals surface area contributed by atoms with Gasteiger partial charge in [-0.3, -0.25) is 4.79 Å². The second-order valence-corrected chi connectivity index (χ2v) is 7.09. The molecule has 0 aliphatic carbocycles. The Morgan fingerprint density at radius 1 is 1.40 bits per heavy atom. The van der Waals surface area contributed by atoms with Gasteiger partial charge < -0.3 is 19.8 Å². The molecule has 0 bridgehead atoms. The monoisotopic (exact) mass is 440 g/mol. The quantitative estimate of drug-likeness (QED) is 0.593. The maximum absolute atomic E-state index is 13.7. The number of benzene rings is 1. The maximum Gasteiger partial charge on any atom is 0.410 e. The molecule has 3 heterocycles. The number of fused-ring (bicyclic) bond motifs is 1. The first-order valence-corrected chi connectivity index (χ1v) is 9.24. The Hall–Kier alpha value is -3.14. The zero-order valence-corrected chi connectivity index (χ0v) is 16.3. The Morgan fingerprint density at radius 2 is 2.20 bits per heavy atom. The van der Waals surface area contributed by atoms with Gasteiger partial charge >= 0.3 is 6.18 Å². The molecule has 0 saturated carbocycles.